The van der Waals surface area contributed by atoms with Crippen LogP contribution in [0.25, 0.3) is 28.0 Å². The first-order chi connectivity index (χ1) is 15.6. The van der Waals surface area contributed by atoms with Crippen molar-refractivity contribution in [3.63, 3.8) is 0 Å². The molecule has 162 valence electrons. The van der Waals surface area contributed by atoms with Crippen LogP contribution < -0.4 is 14.8 Å². The highest BCUT2D eigenvalue weighted by Crippen LogP contribution is 2.34. The van der Waals surface area contributed by atoms with Crippen LogP contribution in [0.1, 0.15) is 28.8 Å². The van der Waals surface area contributed by atoms with Crippen molar-refractivity contribution < 1.29 is 14.3 Å². The molecular formula is C24H23N5O3. The lowest BCUT2D eigenvalue weighted by molar-refractivity contribution is 0.0951. The summed E-state index contributed by atoms with van der Waals surface area (Å²) < 4.78 is 12.5. The molecule has 2 heterocycles. The van der Waals surface area contributed by atoms with Gasteiger partial charge in [0.25, 0.3) is 5.91 Å². The number of ether oxygens (including phenoxy) is 2. The molecule has 5 rings (SSSR count). The average molecular weight is 429 g/mol. The molecule has 0 unspecified atom stereocenters. The fraction of sp³-hybridized carbons (Fsp3) is 0.250. The summed E-state index contributed by atoms with van der Waals surface area (Å²) in [6.45, 7) is 1.99. The van der Waals surface area contributed by atoms with E-state index in [1.165, 1.54) is 6.33 Å². The summed E-state index contributed by atoms with van der Waals surface area (Å²) in [6.07, 6.45) is 5.36. The Morgan fingerprint density at radius 2 is 1.88 bits per heavy atom. The van der Waals surface area contributed by atoms with E-state index in [0.29, 0.717) is 28.8 Å². The van der Waals surface area contributed by atoms with E-state index >= 15 is 0 Å². The Kier molecular flexibility index (Phi) is 4.97. The number of nitrogens with zero attached hydrogens (tertiary/aromatic N) is 4. The largest absolute Gasteiger partial charge is 0.493 e. The van der Waals surface area contributed by atoms with Crippen molar-refractivity contribution in [2.75, 3.05) is 14.2 Å². The molecule has 2 aromatic carbocycles. The Morgan fingerprint density at radius 3 is 2.62 bits per heavy atom. The molecule has 32 heavy (non-hydrogen) atoms. The molecule has 1 aliphatic rings. The zero-order valence-electron chi connectivity index (χ0n) is 18.1. The molecule has 1 fully saturated rings. The first kappa shape index (κ1) is 20.0. The summed E-state index contributed by atoms with van der Waals surface area (Å²) in [7, 11) is 3.20. The Hall–Kier alpha value is -3.94. The van der Waals surface area contributed by atoms with Crippen LogP contribution in [0.2, 0.25) is 0 Å². The zero-order chi connectivity index (χ0) is 22.2. The number of fused-ring (bicyclic) bond motifs is 1. The maximum atomic E-state index is 12.6. The van der Waals surface area contributed by atoms with Crippen LogP contribution >= 0.6 is 0 Å². The number of benzene rings is 2. The molecule has 1 aliphatic carbocycles. The Balaban J connectivity index is 1.59. The lowest BCUT2D eigenvalue weighted by Crippen LogP contribution is -2.25. The van der Waals surface area contributed by atoms with Gasteiger partial charge in [0.15, 0.2) is 17.1 Å². The summed E-state index contributed by atoms with van der Waals surface area (Å²) >= 11 is 0. The van der Waals surface area contributed by atoms with Gasteiger partial charge in [-0.25, -0.2) is 14.6 Å². The van der Waals surface area contributed by atoms with Crippen molar-refractivity contribution in [2.45, 2.75) is 25.8 Å². The first-order valence-electron chi connectivity index (χ1n) is 10.4. The predicted octanol–water partition coefficient (Wildman–Crippen LogP) is 3.70. The van der Waals surface area contributed by atoms with Crippen molar-refractivity contribution in [2.24, 2.45) is 0 Å². The predicted molar refractivity (Wildman–Crippen MR) is 120 cm³/mol. The zero-order valence-corrected chi connectivity index (χ0v) is 18.1. The van der Waals surface area contributed by atoms with Crippen LogP contribution in [0.4, 0.5) is 0 Å². The number of aromatic nitrogens is 4. The normalized spacial score (nSPS) is 13.2. The van der Waals surface area contributed by atoms with Crippen LogP contribution in [-0.4, -0.2) is 45.9 Å². The molecule has 8 nitrogen and oxygen atoms in total. The average Bonchev–Trinajstić information content (AvgIpc) is 3.53. The number of aryl methyl sites for hydroxylation is 1. The molecule has 0 radical (unpaired) electrons. The molecule has 1 N–H and O–H groups in total. The number of carbonyl (C=O) groups is 1. The van der Waals surface area contributed by atoms with Gasteiger partial charge in [-0.1, -0.05) is 6.07 Å². The fourth-order valence-electron chi connectivity index (χ4n) is 3.71. The van der Waals surface area contributed by atoms with Crippen molar-refractivity contribution in [3.05, 3.63) is 60.0 Å². The smallest absolute Gasteiger partial charge is 0.251 e. The van der Waals surface area contributed by atoms with Crippen LogP contribution in [0, 0.1) is 6.92 Å². The third-order valence-electron chi connectivity index (χ3n) is 5.63. The molecule has 1 saturated carbocycles. The molecular weight excluding hydrogens is 406 g/mol. The number of rotatable bonds is 6. The topological polar surface area (TPSA) is 91.2 Å². The van der Waals surface area contributed by atoms with E-state index in [1.54, 1.807) is 25.1 Å². The molecule has 8 heteroatoms. The monoisotopic (exact) mass is 429 g/mol. The highest BCUT2D eigenvalue weighted by molar-refractivity contribution is 5.96. The number of hydrogen-bond donors (Lipinski definition) is 1. The SMILES string of the molecule is COc1ccc(-c2ncnc3c2cnn3-c2cc(C(=O)NC3CC3)ccc2C)cc1OC. The Labute approximate surface area is 185 Å². The van der Waals surface area contributed by atoms with E-state index in [4.69, 9.17) is 9.47 Å². The molecule has 4 aromatic rings. The van der Waals surface area contributed by atoms with Crippen molar-refractivity contribution in [3.8, 4) is 28.4 Å². The van der Waals surface area contributed by atoms with Gasteiger partial charge < -0.3 is 14.8 Å². The van der Waals surface area contributed by atoms with Gasteiger partial charge in [-0.15, -0.1) is 0 Å². The molecule has 2 aromatic heterocycles. The highest BCUT2D eigenvalue weighted by Gasteiger charge is 2.24. The Morgan fingerprint density at radius 1 is 1.06 bits per heavy atom. The third kappa shape index (κ3) is 3.53. The van der Waals surface area contributed by atoms with Crippen LogP contribution in [-0.2, 0) is 0 Å². The van der Waals surface area contributed by atoms with Crippen LogP contribution in [0.15, 0.2) is 48.9 Å². The minimum absolute atomic E-state index is 0.0640. The second kappa shape index (κ2) is 7.96. The number of methoxy groups -OCH3 is 2. The van der Waals surface area contributed by atoms with Crippen LogP contribution in [0.3, 0.4) is 0 Å². The van der Waals surface area contributed by atoms with Crippen molar-refractivity contribution in [1.29, 1.82) is 0 Å². The maximum absolute atomic E-state index is 12.6. The highest BCUT2D eigenvalue weighted by atomic mass is 16.5. The Bertz CT molecular complexity index is 1330. The third-order valence-corrected chi connectivity index (χ3v) is 5.63. The lowest BCUT2D eigenvalue weighted by Gasteiger charge is -2.11. The molecule has 0 aliphatic heterocycles. The number of hydrogen-bond acceptors (Lipinski definition) is 6. The standard InChI is InChI=1S/C24H23N5O3/c1-14-4-5-16(24(30)28-17-7-8-17)10-19(14)29-23-18(12-27-29)22(25-13-26-23)15-6-9-20(31-2)21(11-15)32-3/h4-6,9-13,17H,7-8H2,1-3H3,(H,28,30). The summed E-state index contributed by atoms with van der Waals surface area (Å²) in [5.74, 6) is 1.20. The van der Waals surface area contributed by atoms with Gasteiger partial charge in [0.1, 0.15) is 6.33 Å². The van der Waals surface area contributed by atoms with E-state index in [2.05, 4.69) is 20.4 Å². The van der Waals surface area contributed by atoms with E-state index < -0.39 is 0 Å². The van der Waals surface area contributed by atoms with E-state index in [1.807, 2.05) is 43.3 Å². The van der Waals surface area contributed by atoms with E-state index in [0.717, 1.165) is 40.7 Å². The second-order valence-electron chi connectivity index (χ2n) is 7.83. The number of carbonyl (C=O) groups excluding carboxylic acids is 1. The summed E-state index contributed by atoms with van der Waals surface area (Å²) in [5.41, 5.74) is 4.67. The lowest BCUT2D eigenvalue weighted by atomic mass is 10.1. The van der Waals surface area contributed by atoms with Gasteiger partial charge in [-0.3, -0.25) is 4.79 Å². The molecule has 0 bridgehead atoms. The second-order valence-corrected chi connectivity index (χ2v) is 7.83. The van der Waals surface area contributed by atoms with Gasteiger partial charge in [0.05, 0.1) is 37.2 Å². The molecule has 0 saturated heterocycles. The first-order valence-corrected chi connectivity index (χ1v) is 10.4. The van der Waals surface area contributed by atoms with E-state index in [9.17, 15) is 4.79 Å². The van der Waals surface area contributed by atoms with Crippen LogP contribution in [0.5, 0.6) is 11.5 Å². The van der Waals surface area contributed by atoms with Crippen molar-refractivity contribution >= 4 is 16.9 Å². The summed E-state index contributed by atoms with van der Waals surface area (Å²) in [4.78, 5) is 21.5. The van der Waals surface area contributed by atoms with Crippen molar-refractivity contribution in [1.82, 2.24) is 25.1 Å². The molecule has 0 atom stereocenters. The number of nitrogens with one attached hydrogen (secondary N) is 1. The quantitative estimate of drug-likeness (QED) is 0.503. The van der Waals surface area contributed by atoms with Gasteiger partial charge in [-0.2, -0.15) is 5.10 Å². The van der Waals surface area contributed by atoms with Gasteiger partial charge in [-0.05, 0) is 55.7 Å². The molecule has 0 spiro atoms. The minimum atomic E-state index is -0.0640. The van der Waals surface area contributed by atoms with E-state index in [-0.39, 0.29) is 5.91 Å². The maximum Gasteiger partial charge on any atom is 0.251 e. The number of amides is 1. The molecule has 1 amide bonds. The summed E-state index contributed by atoms with van der Waals surface area (Å²) in [5, 5.41) is 8.42. The van der Waals surface area contributed by atoms with Gasteiger partial charge in [0, 0.05) is 17.2 Å². The summed E-state index contributed by atoms with van der Waals surface area (Å²) in [6, 6.07) is 11.6. The minimum Gasteiger partial charge on any atom is -0.493 e. The van der Waals surface area contributed by atoms with Gasteiger partial charge in [0.2, 0.25) is 0 Å². The fourth-order valence-corrected chi connectivity index (χ4v) is 3.71. The van der Waals surface area contributed by atoms with Gasteiger partial charge >= 0.3 is 0 Å².